The number of nitrogens with zero attached hydrogens (tertiary/aromatic N) is 2. The van der Waals surface area contributed by atoms with E-state index in [0.29, 0.717) is 0 Å². The fourth-order valence-electron chi connectivity index (χ4n) is 2.29. The standard InChI is InChI=1S/C12H15ClN3S/c1-7-11(13)8-5-9(15-12(8)17-7)10-6-16(2)4-3-14-10/h5,10,15H,3-4,6H2,1-2H3. The van der Waals surface area contributed by atoms with Gasteiger partial charge in [0.25, 0.3) is 0 Å². The molecular weight excluding hydrogens is 254 g/mol. The van der Waals surface area contributed by atoms with Crippen molar-refractivity contribution in [2.75, 3.05) is 26.7 Å². The molecule has 0 aromatic carbocycles. The number of thiophene rings is 1. The number of H-pyrrole nitrogens is 1. The number of aryl methyl sites for hydroxylation is 1. The van der Waals surface area contributed by atoms with Crippen LogP contribution in [0.1, 0.15) is 16.6 Å². The minimum absolute atomic E-state index is 0.268. The highest BCUT2D eigenvalue weighted by Gasteiger charge is 2.22. The number of hydrogen-bond donors (Lipinski definition) is 1. The molecule has 0 aliphatic carbocycles. The normalized spacial score (nSPS) is 22.4. The van der Waals surface area contributed by atoms with E-state index in [1.165, 1.54) is 15.4 Å². The van der Waals surface area contributed by atoms with Crippen molar-refractivity contribution in [1.29, 1.82) is 0 Å². The molecule has 1 atom stereocenters. The molecule has 1 saturated heterocycles. The van der Waals surface area contributed by atoms with Crippen molar-refractivity contribution in [3.05, 3.63) is 21.7 Å². The third kappa shape index (κ3) is 1.99. The quantitative estimate of drug-likeness (QED) is 0.848. The second-order valence-corrected chi connectivity index (χ2v) is 6.23. The molecule has 3 rings (SSSR count). The molecule has 1 fully saturated rings. The van der Waals surface area contributed by atoms with Gasteiger partial charge >= 0.3 is 0 Å². The molecular formula is C12H15ClN3S. The van der Waals surface area contributed by atoms with Gasteiger partial charge in [0.1, 0.15) is 4.83 Å². The Bertz CT molecular complexity index is 545. The van der Waals surface area contributed by atoms with Crippen LogP contribution in [0.25, 0.3) is 10.2 Å². The molecule has 2 aromatic rings. The van der Waals surface area contributed by atoms with Crippen molar-refractivity contribution in [3.63, 3.8) is 0 Å². The second-order valence-electron chi connectivity index (χ2n) is 4.62. The third-order valence-electron chi connectivity index (χ3n) is 3.28. The van der Waals surface area contributed by atoms with E-state index < -0.39 is 0 Å². The van der Waals surface area contributed by atoms with Gasteiger partial charge in [-0.25, -0.2) is 5.32 Å². The van der Waals surface area contributed by atoms with Gasteiger partial charge in [-0.3, -0.25) is 0 Å². The second kappa shape index (κ2) is 4.28. The Balaban J connectivity index is 1.95. The Morgan fingerprint density at radius 1 is 1.59 bits per heavy atom. The number of aromatic amines is 1. The molecule has 17 heavy (non-hydrogen) atoms. The average molecular weight is 269 g/mol. The highest BCUT2D eigenvalue weighted by molar-refractivity contribution is 7.19. The maximum Gasteiger partial charge on any atom is 0.102 e. The monoisotopic (exact) mass is 268 g/mol. The smallest absolute Gasteiger partial charge is 0.102 e. The van der Waals surface area contributed by atoms with Gasteiger partial charge in [0.15, 0.2) is 0 Å². The lowest BCUT2D eigenvalue weighted by atomic mass is 10.1. The molecule has 0 amide bonds. The van der Waals surface area contributed by atoms with Crippen LogP contribution in [-0.2, 0) is 0 Å². The maximum atomic E-state index is 6.27. The summed E-state index contributed by atoms with van der Waals surface area (Å²) in [5.41, 5.74) is 1.19. The van der Waals surface area contributed by atoms with Gasteiger partial charge in [-0.05, 0) is 20.0 Å². The number of fused-ring (bicyclic) bond motifs is 1. The molecule has 0 spiro atoms. The Hall–Kier alpha value is -0.550. The molecule has 1 unspecified atom stereocenters. The molecule has 5 heteroatoms. The Morgan fingerprint density at radius 3 is 3.12 bits per heavy atom. The van der Waals surface area contributed by atoms with Crippen molar-refractivity contribution in [2.24, 2.45) is 0 Å². The first-order chi connectivity index (χ1) is 8.15. The number of aromatic nitrogens is 1. The zero-order valence-corrected chi connectivity index (χ0v) is 11.5. The fraction of sp³-hybridized carbons (Fsp3) is 0.500. The summed E-state index contributed by atoms with van der Waals surface area (Å²) in [6, 6.07) is 2.43. The number of piperazine rings is 1. The van der Waals surface area contributed by atoms with Crippen LogP contribution < -0.4 is 5.32 Å². The lowest BCUT2D eigenvalue weighted by molar-refractivity contribution is 0.234. The van der Waals surface area contributed by atoms with Crippen LogP contribution in [0.15, 0.2) is 6.07 Å². The van der Waals surface area contributed by atoms with Crippen LogP contribution in [0.4, 0.5) is 0 Å². The predicted molar refractivity (Wildman–Crippen MR) is 73.2 cm³/mol. The molecule has 91 valence electrons. The molecule has 1 N–H and O–H groups in total. The van der Waals surface area contributed by atoms with E-state index in [1.54, 1.807) is 11.3 Å². The first-order valence-electron chi connectivity index (χ1n) is 5.78. The van der Waals surface area contributed by atoms with E-state index in [9.17, 15) is 0 Å². The van der Waals surface area contributed by atoms with Gasteiger partial charge < -0.3 is 9.88 Å². The van der Waals surface area contributed by atoms with E-state index in [1.807, 2.05) is 0 Å². The van der Waals surface area contributed by atoms with Crippen LogP contribution in [0, 0.1) is 6.92 Å². The van der Waals surface area contributed by atoms with Crippen molar-refractivity contribution >= 4 is 33.2 Å². The van der Waals surface area contributed by atoms with Crippen LogP contribution in [0.5, 0.6) is 0 Å². The summed E-state index contributed by atoms with van der Waals surface area (Å²) in [7, 11) is 2.14. The molecule has 3 nitrogen and oxygen atoms in total. The molecule has 2 aromatic heterocycles. The van der Waals surface area contributed by atoms with Crippen LogP contribution in [-0.4, -0.2) is 36.6 Å². The summed E-state index contributed by atoms with van der Waals surface area (Å²) in [5, 5.41) is 6.70. The fourth-order valence-corrected chi connectivity index (χ4v) is 3.56. The number of likely N-dealkylation sites (N-methyl/N-ethyl adjacent to an activating group) is 1. The van der Waals surface area contributed by atoms with Crippen molar-refractivity contribution < 1.29 is 0 Å². The highest BCUT2D eigenvalue weighted by atomic mass is 35.5. The number of halogens is 1. The van der Waals surface area contributed by atoms with Crippen LogP contribution >= 0.6 is 22.9 Å². The summed E-state index contributed by atoms with van der Waals surface area (Å²) >= 11 is 7.99. The van der Waals surface area contributed by atoms with Gasteiger partial charge in [0.05, 0.1) is 11.1 Å². The van der Waals surface area contributed by atoms with Gasteiger partial charge in [-0.2, -0.15) is 0 Å². The molecule has 0 saturated carbocycles. The predicted octanol–water partition coefficient (Wildman–Crippen LogP) is 2.78. The van der Waals surface area contributed by atoms with Crippen molar-refractivity contribution in [1.82, 2.24) is 15.2 Å². The van der Waals surface area contributed by atoms with E-state index in [0.717, 1.165) is 30.0 Å². The number of rotatable bonds is 1. The number of hydrogen-bond acceptors (Lipinski definition) is 2. The van der Waals surface area contributed by atoms with Crippen molar-refractivity contribution in [3.8, 4) is 0 Å². The molecule has 1 aliphatic heterocycles. The van der Waals surface area contributed by atoms with Crippen LogP contribution in [0.2, 0.25) is 5.02 Å². The van der Waals surface area contributed by atoms with E-state index in [2.05, 4.69) is 35.2 Å². The summed E-state index contributed by atoms with van der Waals surface area (Å²) in [4.78, 5) is 8.13. The summed E-state index contributed by atoms with van der Waals surface area (Å²) < 4.78 is 0. The first kappa shape index (κ1) is 11.5. The van der Waals surface area contributed by atoms with E-state index in [-0.39, 0.29) is 6.04 Å². The minimum atomic E-state index is 0.268. The number of nitrogens with one attached hydrogen (secondary N) is 1. The average Bonchev–Trinajstić information content (AvgIpc) is 2.81. The van der Waals surface area contributed by atoms with Gasteiger partial charge in [-0.15, -0.1) is 11.3 Å². The SMILES string of the molecule is Cc1sc2[nH]c(C3CN(C)CC[N]3)cc2c1Cl. The Labute approximate surface area is 110 Å². The minimum Gasteiger partial charge on any atom is -0.349 e. The van der Waals surface area contributed by atoms with Gasteiger partial charge in [0.2, 0.25) is 0 Å². The summed E-state index contributed by atoms with van der Waals surface area (Å²) in [6.07, 6.45) is 0. The van der Waals surface area contributed by atoms with Gasteiger partial charge in [-0.1, -0.05) is 11.6 Å². The van der Waals surface area contributed by atoms with Crippen LogP contribution in [0.3, 0.4) is 0 Å². The van der Waals surface area contributed by atoms with Crippen molar-refractivity contribution in [2.45, 2.75) is 13.0 Å². The molecule has 1 aliphatic rings. The van der Waals surface area contributed by atoms with E-state index in [4.69, 9.17) is 11.6 Å². The molecule has 3 heterocycles. The molecule has 1 radical (unpaired) electrons. The zero-order chi connectivity index (χ0) is 12.0. The zero-order valence-electron chi connectivity index (χ0n) is 9.96. The molecule has 0 bridgehead atoms. The topological polar surface area (TPSA) is 33.1 Å². The summed E-state index contributed by atoms with van der Waals surface area (Å²) in [6.45, 7) is 5.02. The van der Waals surface area contributed by atoms with E-state index >= 15 is 0 Å². The Morgan fingerprint density at radius 2 is 2.41 bits per heavy atom. The Kier molecular flexibility index (Phi) is 2.91. The third-order valence-corrected chi connectivity index (χ3v) is 4.91. The first-order valence-corrected chi connectivity index (χ1v) is 6.97. The lowest BCUT2D eigenvalue weighted by Gasteiger charge is -2.28. The highest BCUT2D eigenvalue weighted by Crippen LogP contribution is 2.36. The largest absolute Gasteiger partial charge is 0.349 e. The summed E-state index contributed by atoms with van der Waals surface area (Å²) in [5.74, 6) is 0. The van der Waals surface area contributed by atoms with Gasteiger partial charge in [0, 0.05) is 35.6 Å². The lowest BCUT2D eigenvalue weighted by Crippen LogP contribution is -2.40. The maximum absolute atomic E-state index is 6.27.